The number of hydrogen-bond donors (Lipinski definition) is 0. The van der Waals surface area contributed by atoms with Gasteiger partial charge in [0.1, 0.15) is 6.54 Å². The topological polar surface area (TPSA) is 61.1 Å². The van der Waals surface area contributed by atoms with Gasteiger partial charge in [0.25, 0.3) is 0 Å². The molecule has 8 heteroatoms. The van der Waals surface area contributed by atoms with E-state index in [9.17, 15) is 13.2 Å². The molecular weight excluding hydrogens is 271 g/mol. The van der Waals surface area contributed by atoms with Crippen LogP contribution in [-0.2, 0) is 16.7 Å². The molecule has 0 aromatic carbocycles. The van der Waals surface area contributed by atoms with Crippen LogP contribution < -0.4 is 4.57 Å². The van der Waals surface area contributed by atoms with Crippen molar-refractivity contribution in [1.29, 1.82) is 0 Å². The van der Waals surface area contributed by atoms with Gasteiger partial charge in [-0.2, -0.15) is 13.2 Å². The maximum absolute atomic E-state index is 10.7. The average Bonchev–Trinajstić information content (AvgIpc) is 2.20. The minimum atomic E-state index is -6.09. The molecule has 104 valence electrons. The normalized spacial score (nSPS) is 11.7. The molecule has 1 rings (SSSR count). The highest BCUT2D eigenvalue weighted by Crippen LogP contribution is 2.20. The highest BCUT2D eigenvalue weighted by molar-refractivity contribution is 7.86. The van der Waals surface area contributed by atoms with Crippen molar-refractivity contribution in [3.8, 4) is 0 Å². The molecule has 1 heterocycles. The first-order chi connectivity index (χ1) is 8.09. The van der Waals surface area contributed by atoms with E-state index >= 15 is 0 Å². The predicted molar refractivity (Wildman–Crippen MR) is 57.4 cm³/mol. The van der Waals surface area contributed by atoms with Crippen LogP contribution in [0.3, 0.4) is 0 Å². The molecule has 1 aromatic rings. The predicted octanol–water partition coefficient (Wildman–Crippen LogP) is 1.74. The summed E-state index contributed by atoms with van der Waals surface area (Å²) in [5, 5.41) is 0. The zero-order valence-electron chi connectivity index (χ0n) is 9.94. The smallest absolute Gasteiger partial charge is 0.485 e. The molecule has 1 aromatic heterocycles. The molecule has 18 heavy (non-hydrogen) atoms. The molecule has 0 atom stereocenters. The lowest BCUT2D eigenvalue weighted by atomic mass is 10.3. The number of hydrogen-bond acceptors (Lipinski definition) is 3. The van der Waals surface area contributed by atoms with Crippen molar-refractivity contribution in [2.45, 2.75) is 32.3 Å². The van der Waals surface area contributed by atoms with Gasteiger partial charge in [-0.1, -0.05) is 13.0 Å². The van der Waals surface area contributed by atoms with Crippen LogP contribution in [-0.4, -0.2) is 18.5 Å². The summed E-state index contributed by atoms with van der Waals surface area (Å²) in [5.41, 5.74) is -4.31. The van der Waals surface area contributed by atoms with Gasteiger partial charge in [0, 0.05) is 25.5 Å². The molecule has 4 nitrogen and oxygen atoms in total. The van der Waals surface area contributed by atoms with Crippen molar-refractivity contribution in [1.82, 2.24) is 0 Å². The SMILES string of the molecule is CCC[n+]1ccccc1C.O=S(=O)([O-])C(F)(F)F. The fourth-order valence-electron chi connectivity index (χ4n) is 1.05. The second kappa shape index (κ2) is 6.69. The summed E-state index contributed by atoms with van der Waals surface area (Å²) in [6.45, 7) is 5.46. The molecular formula is C10H14F3NO3S. The van der Waals surface area contributed by atoms with Gasteiger partial charge in [-0.05, 0) is 0 Å². The van der Waals surface area contributed by atoms with E-state index in [1.165, 1.54) is 12.1 Å². The number of rotatable bonds is 2. The number of aryl methyl sites for hydroxylation is 2. The third-order valence-corrected chi connectivity index (χ3v) is 2.48. The molecule has 0 unspecified atom stereocenters. The fourth-order valence-corrected chi connectivity index (χ4v) is 1.05. The zero-order chi connectivity index (χ0) is 14.4. The Hall–Kier alpha value is -1.15. The molecule has 0 saturated carbocycles. The molecule has 0 aliphatic carbocycles. The first-order valence-electron chi connectivity index (χ1n) is 5.06. The van der Waals surface area contributed by atoms with E-state index < -0.39 is 15.6 Å². The molecule has 0 amide bonds. The van der Waals surface area contributed by atoms with Gasteiger partial charge in [0.05, 0.1) is 0 Å². The van der Waals surface area contributed by atoms with Crippen LogP contribution in [0.25, 0.3) is 0 Å². The number of pyridine rings is 1. The Morgan fingerprint density at radius 2 is 1.83 bits per heavy atom. The van der Waals surface area contributed by atoms with Gasteiger partial charge in [-0.15, -0.1) is 0 Å². The van der Waals surface area contributed by atoms with Crippen molar-refractivity contribution in [3.63, 3.8) is 0 Å². The minimum absolute atomic E-state index is 1.13. The number of aromatic nitrogens is 1. The fraction of sp³-hybridized carbons (Fsp3) is 0.500. The highest BCUT2D eigenvalue weighted by atomic mass is 32.2. The van der Waals surface area contributed by atoms with E-state index in [4.69, 9.17) is 13.0 Å². The van der Waals surface area contributed by atoms with Crippen molar-refractivity contribution >= 4 is 10.1 Å². The molecule has 0 aliphatic rings. The molecule has 0 aliphatic heterocycles. The van der Waals surface area contributed by atoms with Gasteiger partial charge in [-0.25, -0.2) is 13.0 Å². The third-order valence-electron chi connectivity index (χ3n) is 1.92. The van der Waals surface area contributed by atoms with E-state index in [0.717, 1.165) is 6.54 Å². The number of halogens is 3. The van der Waals surface area contributed by atoms with Gasteiger partial charge in [-0.3, -0.25) is 0 Å². The first-order valence-corrected chi connectivity index (χ1v) is 6.47. The molecule has 0 N–H and O–H groups in total. The molecule has 0 fully saturated rings. The van der Waals surface area contributed by atoms with Gasteiger partial charge in [0.2, 0.25) is 0 Å². The lowest BCUT2D eigenvalue weighted by Crippen LogP contribution is -2.35. The first kappa shape index (κ1) is 16.9. The highest BCUT2D eigenvalue weighted by Gasteiger charge is 2.36. The summed E-state index contributed by atoms with van der Waals surface area (Å²) in [6, 6.07) is 6.28. The summed E-state index contributed by atoms with van der Waals surface area (Å²) in [6.07, 6.45) is 3.33. The van der Waals surface area contributed by atoms with E-state index in [2.05, 4.69) is 42.8 Å². The number of nitrogens with zero attached hydrogens (tertiary/aromatic N) is 1. The van der Waals surface area contributed by atoms with Crippen LogP contribution in [0.5, 0.6) is 0 Å². The number of alkyl halides is 3. The summed E-state index contributed by atoms with van der Waals surface area (Å²) in [4.78, 5) is 0. The van der Waals surface area contributed by atoms with Crippen molar-refractivity contribution in [2.24, 2.45) is 0 Å². The summed E-state index contributed by atoms with van der Waals surface area (Å²) < 4.78 is 61.2. The summed E-state index contributed by atoms with van der Waals surface area (Å²) >= 11 is 0. The Balaban J connectivity index is 0.000000331. The molecule has 0 spiro atoms. The lowest BCUT2D eigenvalue weighted by Gasteiger charge is -2.08. The van der Waals surface area contributed by atoms with Gasteiger partial charge >= 0.3 is 5.51 Å². The second-order valence-corrected chi connectivity index (χ2v) is 4.81. The Bertz CT molecular complexity index is 472. The minimum Gasteiger partial charge on any atom is -0.741 e. The second-order valence-electron chi connectivity index (χ2n) is 3.44. The Morgan fingerprint density at radius 1 is 1.33 bits per heavy atom. The van der Waals surface area contributed by atoms with Gasteiger partial charge in [0.15, 0.2) is 22.0 Å². The van der Waals surface area contributed by atoms with Crippen LogP contribution in [0.1, 0.15) is 19.0 Å². The van der Waals surface area contributed by atoms with Crippen molar-refractivity contribution in [3.05, 3.63) is 30.1 Å². The van der Waals surface area contributed by atoms with Crippen molar-refractivity contribution < 1.29 is 30.7 Å². The lowest BCUT2D eigenvalue weighted by molar-refractivity contribution is -0.702. The monoisotopic (exact) mass is 285 g/mol. The molecule has 0 radical (unpaired) electrons. The zero-order valence-corrected chi connectivity index (χ0v) is 10.8. The van der Waals surface area contributed by atoms with Crippen molar-refractivity contribution in [2.75, 3.05) is 0 Å². The van der Waals surface area contributed by atoms with Crippen LogP contribution >= 0.6 is 0 Å². The summed E-state index contributed by atoms with van der Waals surface area (Å²) in [7, 11) is -6.09. The van der Waals surface area contributed by atoms with E-state index in [1.54, 1.807) is 0 Å². The van der Waals surface area contributed by atoms with E-state index in [1.807, 2.05) is 0 Å². The maximum Gasteiger partial charge on any atom is 0.485 e. The Morgan fingerprint density at radius 3 is 2.17 bits per heavy atom. The van der Waals surface area contributed by atoms with Gasteiger partial charge < -0.3 is 4.55 Å². The molecule has 0 bridgehead atoms. The van der Waals surface area contributed by atoms with Crippen LogP contribution in [0.4, 0.5) is 13.2 Å². The Labute approximate surface area is 104 Å². The largest absolute Gasteiger partial charge is 0.741 e. The van der Waals surface area contributed by atoms with Crippen LogP contribution in [0, 0.1) is 6.92 Å². The Kier molecular flexibility index (Phi) is 6.27. The van der Waals surface area contributed by atoms with Crippen LogP contribution in [0.2, 0.25) is 0 Å². The molecule has 0 saturated heterocycles. The average molecular weight is 285 g/mol. The third kappa shape index (κ3) is 5.97. The van der Waals surface area contributed by atoms with E-state index in [-0.39, 0.29) is 0 Å². The van der Waals surface area contributed by atoms with E-state index in [0.29, 0.717) is 0 Å². The summed E-state index contributed by atoms with van der Waals surface area (Å²) in [5.74, 6) is 0. The van der Waals surface area contributed by atoms with Crippen LogP contribution in [0.15, 0.2) is 24.4 Å². The quantitative estimate of drug-likeness (QED) is 0.472. The standard InChI is InChI=1S/C9H14N.CHF3O3S/c1-3-7-10-8-5-4-6-9(10)2;2-1(3,4)8(5,6)7/h4-6,8H,3,7H2,1-2H3;(H,5,6,7)/q+1;/p-1. The maximum atomic E-state index is 10.7.